The molecule has 1 aliphatic carbocycles. The van der Waals surface area contributed by atoms with Gasteiger partial charge in [0.15, 0.2) is 6.61 Å². The van der Waals surface area contributed by atoms with Crippen LogP contribution in [0.15, 0.2) is 48.5 Å². The smallest absolute Gasteiger partial charge is 0.313 e. The third-order valence-electron chi connectivity index (χ3n) is 6.01. The molecule has 0 saturated heterocycles. The van der Waals surface area contributed by atoms with Crippen molar-refractivity contribution >= 4 is 39.3 Å². The Morgan fingerprint density at radius 3 is 2.52 bits per heavy atom. The summed E-state index contributed by atoms with van der Waals surface area (Å²) in [5.41, 5.74) is 0.462. The van der Waals surface area contributed by atoms with E-state index < -0.39 is 29.8 Å². The minimum Gasteiger partial charge on any atom is -0.496 e. The van der Waals surface area contributed by atoms with Gasteiger partial charge in [-0.1, -0.05) is 43.5 Å². The number of nitrogens with zero attached hydrogens (tertiary/aromatic N) is 1. The van der Waals surface area contributed by atoms with Crippen LogP contribution >= 0.6 is 11.3 Å². The van der Waals surface area contributed by atoms with Crippen LogP contribution in [0.2, 0.25) is 0 Å². The molecule has 7 nitrogen and oxygen atoms in total. The second kappa shape index (κ2) is 10.1. The number of esters is 1. The largest absolute Gasteiger partial charge is 0.496 e. The van der Waals surface area contributed by atoms with Crippen molar-refractivity contribution in [3.63, 3.8) is 0 Å². The predicted molar refractivity (Wildman–Crippen MR) is 125 cm³/mol. The number of para-hydroxylation sites is 2. The number of imide groups is 1. The summed E-state index contributed by atoms with van der Waals surface area (Å²) >= 11 is 1.59. The first-order valence-electron chi connectivity index (χ1n) is 11.0. The lowest BCUT2D eigenvalue weighted by Gasteiger charge is -2.34. The Kier molecular flexibility index (Phi) is 7.03. The normalized spacial score (nSPS) is 15.1. The lowest BCUT2D eigenvalue weighted by molar-refractivity contribution is -0.161. The quantitative estimate of drug-likeness (QED) is 0.522. The molecule has 0 spiro atoms. The lowest BCUT2D eigenvalue weighted by Crippen LogP contribution is -2.40. The lowest BCUT2D eigenvalue weighted by atomic mass is 9.72. The molecule has 33 heavy (non-hydrogen) atoms. The molecule has 0 unspecified atom stereocenters. The molecule has 1 saturated carbocycles. The zero-order chi connectivity index (χ0) is 23.3. The predicted octanol–water partition coefficient (Wildman–Crippen LogP) is 4.30. The number of hydrogen-bond acceptors (Lipinski definition) is 7. The van der Waals surface area contributed by atoms with Crippen molar-refractivity contribution in [1.29, 1.82) is 0 Å². The van der Waals surface area contributed by atoms with Gasteiger partial charge >= 0.3 is 5.97 Å². The van der Waals surface area contributed by atoms with E-state index in [4.69, 9.17) is 14.5 Å². The summed E-state index contributed by atoms with van der Waals surface area (Å²) in [5.74, 6) is -1.32. The van der Waals surface area contributed by atoms with Crippen molar-refractivity contribution in [2.75, 3.05) is 13.7 Å². The number of thiazole rings is 1. The van der Waals surface area contributed by atoms with Gasteiger partial charge in [0.05, 0.1) is 33.3 Å². The van der Waals surface area contributed by atoms with Gasteiger partial charge in [0.25, 0.3) is 11.8 Å². The molecule has 4 rings (SSSR count). The highest BCUT2D eigenvalue weighted by Gasteiger charge is 2.42. The van der Waals surface area contributed by atoms with Crippen LogP contribution in [0.3, 0.4) is 0 Å². The maximum Gasteiger partial charge on any atom is 0.313 e. The number of rotatable bonds is 7. The number of carbonyl (C=O) groups is 3. The van der Waals surface area contributed by atoms with Crippen molar-refractivity contribution in [3.8, 4) is 5.75 Å². The zero-order valence-electron chi connectivity index (χ0n) is 18.5. The van der Waals surface area contributed by atoms with Crippen LogP contribution in [0.1, 0.15) is 47.5 Å². The Hall–Kier alpha value is -3.26. The van der Waals surface area contributed by atoms with Crippen molar-refractivity contribution in [2.45, 2.75) is 38.5 Å². The van der Waals surface area contributed by atoms with Gasteiger partial charge in [-0.15, -0.1) is 11.3 Å². The number of methoxy groups -OCH3 is 1. The average molecular weight is 467 g/mol. The molecular weight excluding hydrogens is 440 g/mol. The van der Waals surface area contributed by atoms with Crippen LogP contribution in [0.4, 0.5) is 0 Å². The van der Waals surface area contributed by atoms with Gasteiger partial charge in [0.1, 0.15) is 5.75 Å². The van der Waals surface area contributed by atoms with Crippen LogP contribution in [0.5, 0.6) is 5.75 Å². The number of amides is 2. The SMILES string of the molecule is COc1ccccc1C(=O)NC(=O)COC(=O)C1(Cc2nc3ccccc3s2)CCCCC1. The molecule has 1 fully saturated rings. The van der Waals surface area contributed by atoms with E-state index in [0.717, 1.165) is 34.5 Å². The molecule has 0 bridgehead atoms. The second-order valence-corrected chi connectivity index (χ2v) is 9.36. The summed E-state index contributed by atoms with van der Waals surface area (Å²) in [4.78, 5) is 42.6. The molecule has 0 radical (unpaired) electrons. The fraction of sp³-hybridized carbons (Fsp3) is 0.360. The first-order valence-corrected chi connectivity index (χ1v) is 11.8. The molecule has 0 atom stereocenters. The van der Waals surface area contributed by atoms with Gasteiger partial charge < -0.3 is 9.47 Å². The van der Waals surface area contributed by atoms with E-state index in [9.17, 15) is 14.4 Å². The summed E-state index contributed by atoms with van der Waals surface area (Å²) in [6, 6.07) is 14.5. The number of aromatic nitrogens is 1. The van der Waals surface area contributed by atoms with Gasteiger partial charge in [-0.05, 0) is 37.1 Å². The van der Waals surface area contributed by atoms with E-state index in [-0.39, 0.29) is 5.56 Å². The monoisotopic (exact) mass is 466 g/mol. The number of ether oxygens (including phenoxy) is 2. The van der Waals surface area contributed by atoms with Crippen LogP contribution in [0.25, 0.3) is 10.2 Å². The molecule has 2 aromatic carbocycles. The Labute approximate surface area is 196 Å². The molecule has 0 aliphatic heterocycles. The molecule has 172 valence electrons. The Bertz CT molecular complexity index is 1130. The Balaban J connectivity index is 1.41. The number of nitrogens with one attached hydrogen (secondary N) is 1. The summed E-state index contributed by atoms with van der Waals surface area (Å²) in [7, 11) is 1.45. The number of benzene rings is 2. The van der Waals surface area contributed by atoms with Crippen molar-refractivity contribution in [3.05, 3.63) is 59.1 Å². The van der Waals surface area contributed by atoms with Crippen molar-refractivity contribution < 1.29 is 23.9 Å². The van der Waals surface area contributed by atoms with E-state index >= 15 is 0 Å². The maximum atomic E-state index is 13.2. The van der Waals surface area contributed by atoms with E-state index in [1.54, 1.807) is 35.6 Å². The molecule has 1 aromatic heterocycles. The van der Waals surface area contributed by atoms with Gasteiger partial charge in [-0.2, -0.15) is 0 Å². The first kappa shape index (κ1) is 22.9. The highest BCUT2D eigenvalue weighted by Crippen LogP contribution is 2.41. The molecule has 8 heteroatoms. The van der Waals surface area contributed by atoms with Crippen LogP contribution in [-0.4, -0.2) is 36.5 Å². The Morgan fingerprint density at radius 1 is 1.03 bits per heavy atom. The topological polar surface area (TPSA) is 94.6 Å². The van der Waals surface area contributed by atoms with E-state index in [2.05, 4.69) is 5.32 Å². The standard InChI is InChI=1S/C25H26N2O5S/c1-31-19-11-5-3-9-17(19)23(29)27-21(28)16-32-24(30)25(13-7-2-8-14-25)15-22-26-18-10-4-6-12-20(18)33-22/h3-6,9-12H,2,7-8,13-16H2,1H3,(H,27,28,29). The average Bonchev–Trinajstić information content (AvgIpc) is 3.25. The van der Waals surface area contributed by atoms with Gasteiger partial charge in [0, 0.05) is 6.42 Å². The summed E-state index contributed by atoms with van der Waals surface area (Å²) in [6.07, 6.45) is 4.82. The number of fused-ring (bicyclic) bond motifs is 1. The van der Waals surface area contributed by atoms with Crippen LogP contribution in [0, 0.1) is 5.41 Å². The first-order chi connectivity index (χ1) is 16.0. The molecule has 3 aromatic rings. The molecule has 1 heterocycles. The zero-order valence-corrected chi connectivity index (χ0v) is 19.3. The minimum atomic E-state index is -0.695. The van der Waals surface area contributed by atoms with E-state index in [1.807, 2.05) is 24.3 Å². The summed E-state index contributed by atoms with van der Waals surface area (Å²) < 4.78 is 11.7. The highest BCUT2D eigenvalue weighted by atomic mass is 32.1. The van der Waals surface area contributed by atoms with E-state index in [0.29, 0.717) is 25.0 Å². The maximum absolute atomic E-state index is 13.2. The summed E-state index contributed by atoms with van der Waals surface area (Å²) in [5, 5.41) is 3.16. The van der Waals surface area contributed by atoms with E-state index in [1.165, 1.54) is 7.11 Å². The fourth-order valence-corrected chi connectivity index (χ4v) is 5.42. The number of carbonyl (C=O) groups excluding carboxylic acids is 3. The molecule has 1 N–H and O–H groups in total. The minimum absolute atomic E-state index is 0.235. The highest BCUT2D eigenvalue weighted by molar-refractivity contribution is 7.18. The Morgan fingerprint density at radius 2 is 1.76 bits per heavy atom. The number of hydrogen-bond donors (Lipinski definition) is 1. The second-order valence-electron chi connectivity index (χ2n) is 8.25. The van der Waals surface area contributed by atoms with Gasteiger partial charge in [-0.3, -0.25) is 19.7 Å². The molecule has 2 amide bonds. The van der Waals surface area contributed by atoms with Gasteiger partial charge in [-0.25, -0.2) is 4.98 Å². The van der Waals surface area contributed by atoms with Gasteiger partial charge in [0.2, 0.25) is 0 Å². The summed E-state index contributed by atoms with van der Waals surface area (Å²) in [6.45, 7) is -0.513. The van der Waals surface area contributed by atoms with Crippen molar-refractivity contribution in [1.82, 2.24) is 10.3 Å². The third-order valence-corrected chi connectivity index (χ3v) is 7.05. The van der Waals surface area contributed by atoms with Crippen LogP contribution < -0.4 is 10.1 Å². The fourth-order valence-electron chi connectivity index (χ4n) is 4.31. The molecule has 1 aliphatic rings. The third kappa shape index (κ3) is 5.22. The van der Waals surface area contributed by atoms with Crippen molar-refractivity contribution in [2.24, 2.45) is 5.41 Å². The molecular formula is C25H26N2O5S. The van der Waals surface area contributed by atoms with Crippen LogP contribution in [-0.2, 0) is 20.7 Å².